The van der Waals surface area contributed by atoms with E-state index in [1.165, 1.54) is 6.92 Å². The number of hydrogen-bond acceptors (Lipinski definition) is 7. The Morgan fingerprint density at radius 3 is 1.89 bits per heavy atom. The van der Waals surface area contributed by atoms with Gasteiger partial charge in [0.25, 0.3) is 0 Å². The molecule has 192 valence electrons. The van der Waals surface area contributed by atoms with Gasteiger partial charge in [-0.3, -0.25) is 10.1 Å². The number of ether oxygens (including phenoxy) is 2. The smallest absolute Gasteiger partial charge is 0.430 e. The van der Waals surface area contributed by atoms with Crippen molar-refractivity contribution in [3.63, 3.8) is 0 Å². The third-order valence-corrected chi connectivity index (χ3v) is 5.76. The number of aldehydes is 1. The first-order valence-corrected chi connectivity index (χ1v) is 11.4. The second kappa shape index (κ2) is 12.8. The molecule has 0 aliphatic rings. The molecule has 0 aliphatic carbocycles. The second-order valence-electron chi connectivity index (χ2n) is 8.37. The van der Waals surface area contributed by atoms with Crippen LogP contribution in [0.5, 0.6) is 0 Å². The van der Waals surface area contributed by atoms with Crippen molar-refractivity contribution in [2.45, 2.75) is 31.6 Å². The molecule has 2 amide bonds. The number of hydrogen-bond donors (Lipinski definition) is 1. The minimum atomic E-state index is -1.91. The summed E-state index contributed by atoms with van der Waals surface area (Å²) in [6, 6.07) is 25.9. The van der Waals surface area contributed by atoms with Crippen LogP contribution in [0.2, 0.25) is 0 Å². The van der Waals surface area contributed by atoms with E-state index in [1.54, 1.807) is 84.9 Å². The Balaban J connectivity index is 1.90. The van der Waals surface area contributed by atoms with Crippen molar-refractivity contribution in [1.82, 2.24) is 10.4 Å². The number of hydrazine groups is 1. The van der Waals surface area contributed by atoms with Crippen LogP contribution in [0.1, 0.15) is 29.5 Å². The number of nitrogens with zero attached hydrogens (tertiary/aromatic N) is 2. The lowest BCUT2D eigenvalue weighted by Gasteiger charge is -2.39. The van der Waals surface area contributed by atoms with E-state index >= 15 is 0 Å². The molecule has 0 bridgehead atoms. The third-order valence-electron chi connectivity index (χ3n) is 5.76. The van der Waals surface area contributed by atoms with Gasteiger partial charge in [-0.15, -0.1) is 0 Å². The number of amides is 2. The SMILES string of the molecule is C[C@@](C=O)([C@H](C[N+](=O)[O-])c1ccccc1)N(NC(=O)OCc1ccccc1)C(=O)OCc1ccccc1. The Hall–Kier alpha value is -4.73. The van der Waals surface area contributed by atoms with Gasteiger partial charge in [0.15, 0.2) is 0 Å². The number of nitro groups is 1. The van der Waals surface area contributed by atoms with Gasteiger partial charge in [-0.05, 0) is 23.6 Å². The predicted octanol–water partition coefficient (Wildman–Crippen LogP) is 4.48. The molecule has 0 aliphatic heterocycles. The zero-order valence-electron chi connectivity index (χ0n) is 20.2. The molecule has 0 fully saturated rings. The Morgan fingerprint density at radius 1 is 0.919 bits per heavy atom. The summed E-state index contributed by atoms with van der Waals surface area (Å²) in [7, 11) is 0. The van der Waals surface area contributed by atoms with Crippen LogP contribution >= 0.6 is 0 Å². The van der Waals surface area contributed by atoms with Crippen molar-refractivity contribution in [3.05, 3.63) is 118 Å². The minimum Gasteiger partial charge on any atom is -0.443 e. The monoisotopic (exact) mass is 505 g/mol. The van der Waals surface area contributed by atoms with E-state index in [9.17, 15) is 24.5 Å². The van der Waals surface area contributed by atoms with Crippen molar-refractivity contribution in [2.75, 3.05) is 6.54 Å². The fraction of sp³-hybridized carbons (Fsp3) is 0.222. The highest BCUT2D eigenvalue weighted by atomic mass is 16.6. The molecule has 0 unspecified atom stereocenters. The number of nitrogens with one attached hydrogen (secondary N) is 1. The van der Waals surface area contributed by atoms with Crippen molar-refractivity contribution in [3.8, 4) is 0 Å². The molecule has 10 nitrogen and oxygen atoms in total. The molecule has 2 atom stereocenters. The van der Waals surface area contributed by atoms with Crippen molar-refractivity contribution >= 4 is 18.5 Å². The fourth-order valence-corrected chi connectivity index (χ4v) is 3.75. The summed E-state index contributed by atoms with van der Waals surface area (Å²) < 4.78 is 10.6. The molecule has 3 aromatic rings. The van der Waals surface area contributed by atoms with Crippen LogP contribution in [-0.2, 0) is 27.5 Å². The summed E-state index contributed by atoms with van der Waals surface area (Å²) in [4.78, 5) is 49.5. The van der Waals surface area contributed by atoms with Crippen LogP contribution < -0.4 is 5.43 Å². The van der Waals surface area contributed by atoms with Crippen LogP contribution in [0.25, 0.3) is 0 Å². The van der Waals surface area contributed by atoms with Gasteiger partial charge in [-0.25, -0.2) is 20.0 Å². The number of carbonyl (C=O) groups is 3. The van der Waals surface area contributed by atoms with Gasteiger partial charge in [0.1, 0.15) is 25.0 Å². The van der Waals surface area contributed by atoms with Crippen LogP contribution in [0, 0.1) is 10.1 Å². The normalized spacial score (nSPS) is 12.9. The van der Waals surface area contributed by atoms with Gasteiger partial charge < -0.3 is 14.3 Å². The van der Waals surface area contributed by atoms with Crippen molar-refractivity contribution in [2.24, 2.45) is 0 Å². The zero-order valence-corrected chi connectivity index (χ0v) is 20.2. The van der Waals surface area contributed by atoms with Gasteiger partial charge in [0.05, 0.1) is 5.92 Å². The molecular weight excluding hydrogens is 478 g/mol. The largest absolute Gasteiger partial charge is 0.443 e. The summed E-state index contributed by atoms with van der Waals surface area (Å²) in [5.41, 5.74) is 2.16. The topological polar surface area (TPSA) is 128 Å². The highest BCUT2D eigenvalue weighted by Crippen LogP contribution is 2.32. The average Bonchev–Trinajstić information content (AvgIpc) is 2.93. The van der Waals surface area contributed by atoms with Gasteiger partial charge in [0.2, 0.25) is 6.54 Å². The lowest BCUT2D eigenvalue weighted by molar-refractivity contribution is -0.485. The molecule has 0 heterocycles. The highest BCUT2D eigenvalue weighted by molar-refractivity contribution is 5.80. The lowest BCUT2D eigenvalue weighted by Crippen LogP contribution is -2.63. The van der Waals surface area contributed by atoms with E-state index in [4.69, 9.17) is 9.47 Å². The summed E-state index contributed by atoms with van der Waals surface area (Å²) in [5.74, 6) is -1.13. The summed E-state index contributed by atoms with van der Waals surface area (Å²) >= 11 is 0. The summed E-state index contributed by atoms with van der Waals surface area (Å²) in [6.45, 7) is 0.371. The molecule has 0 aromatic heterocycles. The quantitative estimate of drug-likeness (QED) is 0.244. The van der Waals surface area contributed by atoms with E-state index in [2.05, 4.69) is 5.43 Å². The third kappa shape index (κ3) is 7.38. The average molecular weight is 506 g/mol. The molecule has 37 heavy (non-hydrogen) atoms. The Kier molecular flexibility index (Phi) is 9.31. The Bertz CT molecular complexity index is 1190. The first kappa shape index (κ1) is 26.9. The molecule has 1 N–H and O–H groups in total. The second-order valence-corrected chi connectivity index (χ2v) is 8.37. The molecule has 0 saturated carbocycles. The number of benzene rings is 3. The predicted molar refractivity (Wildman–Crippen MR) is 134 cm³/mol. The highest BCUT2D eigenvalue weighted by Gasteiger charge is 2.48. The van der Waals surface area contributed by atoms with Gasteiger partial charge in [0, 0.05) is 4.92 Å². The van der Waals surface area contributed by atoms with E-state index in [1.807, 2.05) is 6.07 Å². The molecule has 3 aromatic carbocycles. The first-order valence-electron chi connectivity index (χ1n) is 11.4. The first-order chi connectivity index (χ1) is 17.8. The molecule has 0 saturated heterocycles. The van der Waals surface area contributed by atoms with Crippen LogP contribution in [0.4, 0.5) is 9.59 Å². The maximum atomic E-state index is 13.3. The van der Waals surface area contributed by atoms with Gasteiger partial charge >= 0.3 is 12.2 Å². The van der Waals surface area contributed by atoms with E-state index in [-0.39, 0.29) is 13.2 Å². The van der Waals surface area contributed by atoms with E-state index < -0.39 is 35.1 Å². The van der Waals surface area contributed by atoms with Crippen LogP contribution in [0.15, 0.2) is 91.0 Å². The number of rotatable bonds is 10. The summed E-state index contributed by atoms with van der Waals surface area (Å²) in [6.07, 6.45) is -1.74. The van der Waals surface area contributed by atoms with Crippen LogP contribution in [-0.4, -0.2) is 40.5 Å². The molecule has 0 spiro atoms. The summed E-state index contributed by atoms with van der Waals surface area (Å²) in [5, 5.41) is 12.2. The maximum absolute atomic E-state index is 13.3. The molecule has 0 radical (unpaired) electrons. The maximum Gasteiger partial charge on any atom is 0.430 e. The van der Waals surface area contributed by atoms with Crippen LogP contribution in [0.3, 0.4) is 0 Å². The van der Waals surface area contributed by atoms with Gasteiger partial charge in [-0.2, -0.15) is 0 Å². The van der Waals surface area contributed by atoms with E-state index in [0.29, 0.717) is 28.0 Å². The van der Waals surface area contributed by atoms with E-state index in [0.717, 1.165) is 0 Å². The molecular formula is C27H27N3O7. The van der Waals surface area contributed by atoms with Crippen molar-refractivity contribution < 1.29 is 28.8 Å². The lowest BCUT2D eigenvalue weighted by atomic mass is 9.81. The van der Waals surface area contributed by atoms with Gasteiger partial charge in [-0.1, -0.05) is 91.0 Å². The minimum absolute atomic E-state index is 0.103. The number of carbonyl (C=O) groups excluding carboxylic acids is 3. The zero-order chi connectivity index (χ0) is 26.7. The fourth-order valence-electron chi connectivity index (χ4n) is 3.75. The Morgan fingerprint density at radius 2 is 1.41 bits per heavy atom. The standard InChI is InChI=1S/C27H27N3O7/c1-27(20-31,24(17-29(34)35)23-15-9-4-10-16-23)30(26(33)37-19-22-13-7-3-8-14-22)28-25(32)36-18-21-11-5-2-6-12-21/h2-16,20,24H,17-19H2,1H3,(H,28,32)/t24-,27-/m1/s1. The Labute approximate surface area is 213 Å². The van der Waals surface area contributed by atoms with Crippen molar-refractivity contribution in [1.29, 1.82) is 0 Å². The molecule has 3 rings (SSSR count). The molecule has 10 heteroatoms.